The van der Waals surface area contributed by atoms with Crippen LogP contribution in [0.15, 0.2) is 29.6 Å². The molecule has 0 N–H and O–H groups in total. The third-order valence-electron chi connectivity index (χ3n) is 4.21. The summed E-state index contributed by atoms with van der Waals surface area (Å²) in [6.07, 6.45) is 3.29. The van der Waals surface area contributed by atoms with Crippen molar-refractivity contribution in [3.8, 4) is 0 Å². The van der Waals surface area contributed by atoms with E-state index in [0.717, 1.165) is 0 Å². The topological polar surface area (TPSA) is 49.3 Å². The summed E-state index contributed by atoms with van der Waals surface area (Å²) in [5.41, 5.74) is 0.703. The van der Waals surface area contributed by atoms with Gasteiger partial charge in [0.25, 0.3) is 5.91 Å². The Hall–Kier alpha value is -1.41. The normalized spacial score (nSPS) is 15.3. The van der Waals surface area contributed by atoms with E-state index in [1.54, 1.807) is 17.0 Å². The van der Waals surface area contributed by atoms with Crippen LogP contribution in [0.4, 0.5) is 4.39 Å². The van der Waals surface area contributed by atoms with Crippen molar-refractivity contribution in [3.05, 3.63) is 51.5 Å². The number of halogens is 3. The summed E-state index contributed by atoms with van der Waals surface area (Å²) in [6, 6.07) is 4.67. The van der Waals surface area contributed by atoms with E-state index in [1.807, 2.05) is 6.26 Å². The number of nitrogens with zero attached hydrogens (tertiary/aromatic N) is 4. The zero-order valence-corrected chi connectivity index (χ0v) is 16.4. The molecule has 2 heterocycles. The van der Waals surface area contributed by atoms with Crippen molar-refractivity contribution in [1.29, 1.82) is 0 Å². The molecular weight excluding hydrogens is 398 g/mol. The smallest absolute Gasteiger partial charge is 0.274 e. The maximum absolute atomic E-state index is 13.9. The van der Waals surface area contributed by atoms with Gasteiger partial charge >= 0.3 is 0 Å². The van der Waals surface area contributed by atoms with Gasteiger partial charge in [0.15, 0.2) is 10.9 Å². The molecule has 0 unspecified atom stereocenters. The lowest BCUT2D eigenvalue weighted by Gasteiger charge is -2.34. The predicted molar refractivity (Wildman–Crippen MR) is 101 cm³/mol. The lowest BCUT2D eigenvalue weighted by Crippen LogP contribution is -2.48. The molecule has 0 bridgehead atoms. The second-order valence-electron chi connectivity index (χ2n) is 5.82. The molecule has 1 aromatic heterocycles. The van der Waals surface area contributed by atoms with Gasteiger partial charge in [-0.3, -0.25) is 9.69 Å². The molecule has 0 atom stereocenters. The summed E-state index contributed by atoms with van der Waals surface area (Å²) in [5.74, 6) is -0.523. The van der Waals surface area contributed by atoms with Crippen molar-refractivity contribution >= 4 is 40.9 Å². The quantitative estimate of drug-likeness (QED) is 0.564. The molecule has 1 aliphatic heterocycles. The largest absolute Gasteiger partial charge is 0.335 e. The van der Waals surface area contributed by atoms with Gasteiger partial charge in [0.1, 0.15) is 5.82 Å². The van der Waals surface area contributed by atoms with E-state index < -0.39 is 0 Å². The first-order chi connectivity index (χ1) is 12.5. The minimum atomic E-state index is -0.312. The molecule has 0 saturated carbocycles. The van der Waals surface area contributed by atoms with Crippen LogP contribution in [0.5, 0.6) is 0 Å². The molecule has 0 aliphatic carbocycles. The number of hydrogen-bond donors (Lipinski definition) is 0. The van der Waals surface area contributed by atoms with Crippen molar-refractivity contribution < 1.29 is 9.18 Å². The van der Waals surface area contributed by atoms with E-state index in [1.165, 1.54) is 24.0 Å². The van der Waals surface area contributed by atoms with Crippen LogP contribution in [0.3, 0.4) is 0 Å². The highest BCUT2D eigenvalue weighted by Crippen LogP contribution is 2.22. The second-order valence-corrected chi connectivity index (χ2v) is 7.41. The number of hydrogen-bond acceptors (Lipinski definition) is 5. The molecule has 9 heteroatoms. The molecule has 0 radical (unpaired) electrons. The molecule has 1 aromatic carbocycles. The predicted octanol–water partition coefficient (Wildman–Crippen LogP) is 3.60. The maximum atomic E-state index is 13.9. The Balaban J connectivity index is 1.64. The number of amides is 1. The van der Waals surface area contributed by atoms with Gasteiger partial charge in [-0.1, -0.05) is 41.0 Å². The molecule has 3 rings (SSSR count). The summed E-state index contributed by atoms with van der Waals surface area (Å²) >= 11 is 13.5. The fraction of sp³-hybridized carbons (Fsp3) is 0.353. The van der Waals surface area contributed by atoms with Gasteiger partial charge in [0.05, 0.1) is 11.2 Å². The van der Waals surface area contributed by atoms with Crippen LogP contribution in [0.25, 0.3) is 0 Å². The van der Waals surface area contributed by atoms with E-state index in [9.17, 15) is 9.18 Å². The van der Waals surface area contributed by atoms with Crippen molar-refractivity contribution in [2.75, 3.05) is 32.4 Å². The van der Waals surface area contributed by atoms with E-state index in [2.05, 4.69) is 14.9 Å². The Bertz CT molecular complexity index is 795. The summed E-state index contributed by atoms with van der Waals surface area (Å²) in [6.45, 7) is 2.68. The van der Waals surface area contributed by atoms with Crippen LogP contribution in [0.1, 0.15) is 16.1 Å². The number of benzene rings is 1. The van der Waals surface area contributed by atoms with Gasteiger partial charge in [-0.05, 0) is 18.4 Å². The fourth-order valence-electron chi connectivity index (χ4n) is 2.77. The average Bonchev–Trinajstić information content (AvgIpc) is 2.65. The zero-order chi connectivity index (χ0) is 18.7. The first kappa shape index (κ1) is 19.4. The van der Waals surface area contributed by atoms with Crippen LogP contribution in [-0.2, 0) is 6.54 Å². The molecule has 1 aliphatic rings. The Morgan fingerprint density at radius 3 is 2.62 bits per heavy atom. The number of piperazine rings is 1. The highest BCUT2D eigenvalue weighted by atomic mass is 35.5. The van der Waals surface area contributed by atoms with Gasteiger partial charge in [0.2, 0.25) is 0 Å². The first-order valence-electron chi connectivity index (χ1n) is 8.00. The molecule has 1 amide bonds. The van der Waals surface area contributed by atoms with Crippen LogP contribution in [0, 0.1) is 5.82 Å². The summed E-state index contributed by atoms with van der Waals surface area (Å²) < 4.78 is 13.9. The molecular formula is C17H17Cl2FN4OS. The molecule has 5 nitrogen and oxygen atoms in total. The van der Waals surface area contributed by atoms with E-state index in [4.69, 9.17) is 23.2 Å². The third-order valence-corrected chi connectivity index (χ3v) is 5.40. The Labute approximate surface area is 165 Å². The van der Waals surface area contributed by atoms with Crippen LogP contribution >= 0.6 is 35.0 Å². The second kappa shape index (κ2) is 8.52. The van der Waals surface area contributed by atoms with E-state index in [-0.39, 0.29) is 22.4 Å². The first-order valence-corrected chi connectivity index (χ1v) is 9.98. The number of thioether (sulfide) groups is 1. The Morgan fingerprint density at radius 1 is 1.23 bits per heavy atom. The van der Waals surface area contributed by atoms with Crippen molar-refractivity contribution in [2.24, 2.45) is 0 Å². The zero-order valence-electron chi connectivity index (χ0n) is 14.1. The van der Waals surface area contributed by atoms with Gasteiger partial charge in [-0.2, -0.15) is 0 Å². The summed E-state index contributed by atoms with van der Waals surface area (Å²) in [5, 5.41) is 1.17. The average molecular weight is 415 g/mol. The van der Waals surface area contributed by atoms with Gasteiger partial charge in [-0.15, -0.1) is 0 Å². The molecule has 26 heavy (non-hydrogen) atoms. The lowest BCUT2D eigenvalue weighted by atomic mass is 10.1. The fourth-order valence-corrected chi connectivity index (χ4v) is 3.50. The Kier molecular flexibility index (Phi) is 6.34. The monoisotopic (exact) mass is 414 g/mol. The molecule has 1 fully saturated rings. The number of carbonyl (C=O) groups is 1. The Morgan fingerprint density at radius 2 is 1.96 bits per heavy atom. The highest BCUT2D eigenvalue weighted by molar-refractivity contribution is 7.98. The van der Waals surface area contributed by atoms with Crippen molar-refractivity contribution in [3.63, 3.8) is 0 Å². The van der Waals surface area contributed by atoms with E-state index in [0.29, 0.717) is 48.5 Å². The SMILES string of the molecule is CSc1ncc(Cl)c(C(=O)N2CCN(Cc3c(F)cccc3Cl)CC2)n1. The minimum absolute atomic E-state index is 0.212. The molecule has 0 spiro atoms. The number of rotatable bonds is 4. The van der Waals surface area contributed by atoms with Gasteiger partial charge < -0.3 is 4.90 Å². The molecule has 2 aromatic rings. The summed E-state index contributed by atoms with van der Waals surface area (Å²) in [4.78, 5) is 24.8. The number of carbonyl (C=O) groups excluding carboxylic acids is 1. The van der Waals surface area contributed by atoms with Crippen LogP contribution in [-0.4, -0.2) is 58.1 Å². The highest BCUT2D eigenvalue weighted by Gasteiger charge is 2.26. The van der Waals surface area contributed by atoms with Gasteiger partial charge in [0, 0.05) is 43.3 Å². The van der Waals surface area contributed by atoms with Crippen molar-refractivity contribution in [2.45, 2.75) is 11.7 Å². The summed E-state index contributed by atoms with van der Waals surface area (Å²) in [7, 11) is 0. The molecule has 1 saturated heterocycles. The van der Waals surface area contributed by atoms with Crippen LogP contribution < -0.4 is 0 Å². The molecule has 138 valence electrons. The standard InChI is InChI=1S/C17H17Cl2FN4OS/c1-26-17-21-9-13(19)15(22-17)16(25)24-7-5-23(6-8-24)10-11-12(18)3-2-4-14(11)20/h2-4,9H,5-8,10H2,1H3. The third kappa shape index (κ3) is 4.28. The maximum Gasteiger partial charge on any atom is 0.274 e. The van der Waals surface area contributed by atoms with Gasteiger partial charge in [-0.25, -0.2) is 14.4 Å². The lowest BCUT2D eigenvalue weighted by molar-refractivity contribution is 0.0620. The van der Waals surface area contributed by atoms with Crippen molar-refractivity contribution in [1.82, 2.24) is 19.8 Å². The number of aromatic nitrogens is 2. The van der Waals surface area contributed by atoms with E-state index >= 15 is 0 Å². The van der Waals surface area contributed by atoms with Crippen LogP contribution in [0.2, 0.25) is 10.0 Å². The minimum Gasteiger partial charge on any atom is -0.335 e.